The van der Waals surface area contributed by atoms with Gasteiger partial charge in [0.15, 0.2) is 5.78 Å². The Morgan fingerprint density at radius 3 is 2.17 bits per heavy atom. The third-order valence-electron chi connectivity index (χ3n) is 5.44. The van der Waals surface area contributed by atoms with Crippen LogP contribution in [0.25, 0.3) is 11.1 Å². The summed E-state index contributed by atoms with van der Waals surface area (Å²) < 4.78 is 0. The zero-order valence-corrected chi connectivity index (χ0v) is 16.1. The molecule has 3 aromatic carbocycles. The van der Waals surface area contributed by atoms with Gasteiger partial charge in [0, 0.05) is 24.2 Å². The van der Waals surface area contributed by atoms with Crippen LogP contribution in [0.5, 0.6) is 5.75 Å². The Labute approximate surface area is 170 Å². The van der Waals surface area contributed by atoms with Gasteiger partial charge in [0.2, 0.25) is 0 Å². The van der Waals surface area contributed by atoms with Crippen LogP contribution in [0, 0.1) is 11.3 Å². The van der Waals surface area contributed by atoms with E-state index in [1.807, 2.05) is 42.5 Å². The summed E-state index contributed by atoms with van der Waals surface area (Å²) in [7, 11) is 0. The lowest BCUT2D eigenvalue weighted by molar-refractivity contribution is 0.103. The summed E-state index contributed by atoms with van der Waals surface area (Å²) in [6, 6.07) is 22.5. The van der Waals surface area contributed by atoms with E-state index in [0.717, 1.165) is 37.9 Å². The van der Waals surface area contributed by atoms with Crippen LogP contribution in [-0.2, 0) is 0 Å². The maximum Gasteiger partial charge on any atom is 0.198 e. The first-order valence-corrected chi connectivity index (χ1v) is 9.91. The highest BCUT2D eigenvalue weighted by molar-refractivity contribution is 6.15. The molecule has 0 spiro atoms. The average molecular weight is 382 g/mol. The van der Waals surface area contributed by atoms with E-state index in [-0.39, 0.29) is 22.7 Å². The molecule has 0 unspecified atom stereocenters. The second-order valence-corrected chi connectivity index (χ2v) is 7.26. The number of piperidine rings is 1. The number of aromatic hydroxyl groups is 1. The van der Waals surface area contributed by atoms with Crippen molar-refractivity contribution in [2.45, 2.75) is 19.3 Å². The SMILES string of the molecule is N#Cc1c(-c2ccccc2)cc(N2CCCCC2)c(C(=O)c2ccccc2)c1O. The number of nitriles is 1. The van der Waals surface area contributed by atoms with Gasteiger partial charge < -0.3 is 10.0 Å². The van der Waals surface area contributed by atoms with Crippen molar-refractivity contribution in [2.75, 3.05) is 18.0 Å². The number of ketones is 1. The molecule has 144 valence electrons. The Morgan fingerprint density at radius 1 is 0.931 bits per heavy atom. The molecule has 4 rings (SSSR count). The van der Waals surface area contributed by atoms with Crippen LogP contribution in [-0.4, -0.2) is 24.0 Å². The van der Waals surface area contributed by atoms with Crippen molar-refractivity contribution < 1.29 is 9.90 Å². The number of anilines is 1. The lowest BCUT2D eigenvalue weighted by atomic mass is 9.91. The van der Waals surface area contributed by atoms with Gasteiger partial charge in [0.1, 0.15) is 17.4 Å². The second kappa shape index (κ2) is 8.20. The summed E-state index contributed by atoms with van der Waals surface area (Å²) in [5, 5.41) is 20.9. The molecule has 1 heterocycles. The van der Waals surface area contributed by atoms with E-state index in [0.29, 0.717) is 16.8 Å². The van der Waals surface area contributed by atoms with Gasteiger partial charge in [-0.3, -0.25) is 4.79 Å². The van der Waals surface area contributed by atoms with Crippen molar-refractivity contribution in [1.29, 1.82) is 5.26 Å². The third kappa shape index (κ3) is 3.60. The summed E-state index contributed by atoms with van der Waals surface area (Å²) in [6.45, 7) is 1.66. The van der Waals surface area contributed by atoms with Crippen LogP contribution in [0.3, 0.4) is 0 Å². The molecule has 3 aromatic rings. The minimum absolute atomic E-state index is 0.135. The highest BCUT2D eigenvalue weighted by Crippen LogP contribution is 2.41. The molecule has 4 heteroatoms. The summed E-state index contributed by atoms with van der Waals surface area (Å²) in [5.74, 6) is -0.497. The summed E-state index contributed by atoms with van der Waals surface area (Å²) >= 11 is 0. The number of rotatable bonds is 4. The Balaban J connectivity index is 1.96. The number of phenolic OH excluding ortho intramolecular Hbond substituents is 1. The van der Waals surface area contributed by atoms with Crippen LogP contribution in [0.15, 0.2) is 66.7 Å². The molecule has 0 aromatic heterocycles. The van der Waals surface area contributed by atoms with Crippen molar-refractivity contribution >= 4 is 11.5 Å². The predicted octanol–water partition coefficient (Wildman–Crippen LogP) is 5.15. The maximum absolute atomic E-state index is 13.4. The number of carbonyl (C=O) groups excluding carboxylic acids is 1. The van der Waals surface area contributed by atoms with Gasteiger partial charge in [-0.1, -0.05) is 60.7 Å². The van der Waals surface area contributed by atoms with Crippen molar-refractivity contribution in [2.24, 2.45) is 0 Å². The monoisotopic (exact) mass is 382 g/mol. The lowest BCUT2D eigenvalue weighted by Gasteiger charge is -2.31. The number of carbonyl (C=O) groups is 1. The fourth-order valence-corrected chi connectivity index (χ4v) is 3.96. The van der Waals surface area contributed by atoms with E-state index in [9.17, 15) is 15.2 Å². The summed E-state index contributed by atoms with van der Waals surface area (Å²) in [5.41, 5.74) is 3.05. The predicted molar refractivity (Wildman–Crippen MR) is 114 cm³/mol. The van der Waals surface area contributed by atoms with Crippen LogP contribution in [0.2, 0.25) is 0 Å². The minimum atomic E-state index is -0.264. The molecule has 1 aliphatic heterocycles. The molecular formula is C25H22N2O2. The molecule has 4 nitrogen and oxygen atoms in total. The molecule has 1 aliphatic rings. The first-order chi connectivity index (χ1) is 14.2. The molecule has 0 bridgehead atoms. The third-order valence-corrected chi connectivity index (χ3v) is 5.44. The fraction of sp³-hybridized carbons (Fsp3) is 0.200. The van der Waals surface area contributed by atoms with Gasteiger partial charge in [0.25, 0.3) is 0 Å². The quantitative estimate of drug-likeness (QED) is 0.634. The van der Waals surface area contributed by atoms with E-state index < -0.39 is 0 Å². The number of hydrogen-bond acceptors (Lipinski definition) is 4. The highest BCUT2D eigenvalue weighted by Gasteiger charge is 2.27. The van der Waals surface area contributed by atoms with Crippen LogP contribution in [0.1, 0.15) is 40.7 Å². The van der Waals surface area contributed by atoms with Gasteiger partial charge in [0.05, 0.1) is 11.3 Å². The van der Waals surface area contributed by atoms with E-state index in [4.69, 9.17) is 0 Å². The van der Waals surface area contributed by atoms with Crippen molar-refractivity contribution in [3.63, 3.8) is 0 Å². The molecule has 0 saturated carbocycles. The average Bonchev–Trinajstić information content (AvgIpc) is 2.79. The molecule has 0 radical (unpaired) electrons. The molecule has 0 atom stereocenters. The highest BCUT2D eigenvalue weighted by atomic mass is 16.3. The topological polar surface area (TPSA) is 64.3 Å². The second-order valence-electron chi connectivity index (χ2n) is 7.26. The summed E-state index contributed by atoms with van der Waals surface area (Å²) in [6.07, 6.45) is 3.24. The molecule has 1 N–H and O–H groups in total. The Hall–Kier alpha value is -3.58. The molecule has 1 fully saturated rings. The molecule has 0 amide bonds. The van der Waals surface area contributed by atoms with Crippen LogP contribution >= 0.6 is 0 Å². The lowest BCUT2D eigenvalue weighted by Crippen LogP contribution is -2.31. The Bertz CT molecular complexity index is 1060. The van der Waals surface area contributed by atoms with E-state index in [1.165, 1.54) is 0 Å². The fourth-order valence-electron chi connectivity index (χ4n) is 3.96. The zero-order valence-electron chi connectivity index (χ0n) is 16.1. The van der Waals surface area contributed by atoms with Gasteiger partial charge in [-0.05, 0) is 30.9 Å². The van der Waals surface area contributed by atoms with E-state index in [1.54, 1.807) is 24.3 Å². The number of benzene rings is 3. The van der Waals surface area contributed by atoms with Crippen molar-refractivity contribution in [3.05, 3.63) is 83.4 Å². The van der Waals surface area contributed by atoms with Crippen molar-refractivity contribution in [3.8, 4) is 22.9 Å². The molecular weight excluding hydrogens is 360 g/mol. The maximum atomic E-state index is 13.4. The first-order valence-electron chi connectivity index (χ1n) is 9.91. The molecule has 0 aliphatic carbocycles. The van der Waals surface area contributed by atoms with Gasteiger partial charge in [-0.15, -0.1) is 0 Å². The number of hydrogen-bond donors (Lipinski definition) is 1. The van der Waals surface area contributed by atoms with Crippen LogP contribution < -0.4 is 4.90 Å². The Morgan fingerprint density at radius 2 is 1.55 bits per heavy atom. The summed E-state index contributed by atoms with van der Waals surface area (Å²) in [4.78, 5) is 15.5. The minimum Gasteiger partial charge on any atom is -0.506 e. The van der Waals surface area contributed by atoms with Gasteiger partial charge in [-0.2, -0.15) is 5.26 Å². The number of nitrogens with zero attached hydrogens (tertiary/aromatic N) is 2. The van der Waals surface area contributed by atoms with Gasteiger partial charge >= 0.3 is 0 Å². The standard InChI is InChI=1S/C25H22N2O2/c26-17-21-20(18-10-4-1-5-11-18)16-22(27-14-8-3-9-15-27)23(25(21)29)24(28)19-12-6-2-7-13-19/h1-2,4-7,10-13,16,29H,3,8-9,14-15H2. The van der Waals surface area contributed by atoms with Crippen LogP contribution in [0.4, 0.5) is 5.69 Å². The number of phenols is 1. The molecule has 29 heavy (non-hydrogen) atoms. The smallest absolute Gasteiger partial charge is 0.198 e. The molecule has 1 saturated heterocycles. The zero-order chi connectivity index (χ0) is 20.2. The van der Waals surface area contributed by atoms with E-state index in [2.05, 4.69) is 11.0 Å². The largest absolute Gasteiger partial charge is 0.506 e. The van der Waals surface area contributed by atoms with Gasteiger partial charge in [-0.25, -0.2) is 0 Å². The van der Waals surface area contributed by atoms with E-state index >= 15 is 0 Å². The van der Waals surface area contributed by atoms with Crippen molar-refractivity contribution in [1.82, 2.24) is 0 Å². The normalized spacial score (nSPS) is 13.7. The first kappa shape index (κ1) is 18.8. The Kier molecular flexibility index (Phi) is 5.31.